The molecule has 3 aromatic rings. The molecule has 6 nitrogen and oxygen atoms in total. The molecule has 3 rings (SSSR count). The van der Waals surface area contributed by atoms with E-state index in [1.54, 1.807) is 30.3 Å². The lowest BCUT2D eigenvalue weighted by molar-refractivity contribution is -0.131. The van der Waals surface area contributed by atoms with Gasteiger partial charge in [-0.1, -0.05) is 24.3 Å². The first-order chi connectivity index (χ1) is 12.7. The number of amides is 1. The van der Waals surface area contributed by atoms with Gasteiger partial charge in [0.25, 0.3) is 0 Å². The second-order valence-electron chi connectivity index (χ2n) is 6.73. The fraction of sp³-hybridized carbons (Fsp3) is 0.250. The molecule has 7 heteroatoms. The van der Waals surface area contributed by atoms with E-state index < -0.39 is 10.0 Å². The molecule has 27 heavy (non-hydrogen) atoms. The summed E-state index contributed by atoms with van der Waals surface area (Å²) in [5, 5.41) is 6.06. The molecule has 0 spiro atoms. The molecule has 0 fully saturated rings. The van der Waals surface area contributed by atoms with Crippen LogP contribution in [0.3, 0.4) is 0 Å². The minimum absolute atomic E-state index is 0.0487. The van der Waals surface area contributed by atoms with Crippen molar-refractivity contribution in [3.05, 3.63) is 65.4 Å². The molecule has 1 unspecified atom stereocenters. The summed E-state index contributed by atoms with van der Waals surface area (Å²) >= 11 is 0. The number of hydrogen-bond donors (Lipinski definition) is 1. The van der Waals surface area contributed by atoms with E-state index in [9.17, 15) is 13.2 Å². The Labute approximate surface area is 158 Å². The van der Waals surface area contributed by atoms with Crippen LogP contribution in [0.2, 0.25) is 0 Å². The van der Waals surface area contributed by atoms with Crippen molar-refractivity contribution in [2.45, 2.75) is 31.2 Å². The summed E-state index contributed by atoms with van der Waals surface area (Å²) in [5.41, 5.74) is 3.54. The Morgan fingerprint density at radius 3 is 2.48 bits per heavy atom. The Kier molecular flexibility index (Phi) is 5.08. The van der Waals surface area contributed by atoms with Crippen LogP contribution in [0.4, 0.5) is 0 Å². The van der Waals surface area contributed by atoms with Crippen molar-refractivity contribution in [1.82, 2.24) is 4.90 Å². The summed E-state index contributed by atoms with van der Waals surface area (Å²) in [4.78, 5) is 14.4. The zero-order valence-electron chi connectivity index (χ0n) is 15.5. The Balaban J connectivity index is 1.76. The third-order valence-electron chi connectivity index (χ3n) is 4.82. The van der Waals surface area contributed by atoms with E-state index in [-0.39, 0.29) is 23.3 Å². The highest BCUT2D eigenvalue weighted by molar-refractivity contribution is 7.89. The molecule has 0 aliphatic carbocycles. The number of likely N-dealkylation sites (N-methyl/N-ethyl adjacent to an activating group) is 1. The molecule has 142 valence electrons. The molecule has 2 N–H and O–H groups in total. The average molecular weight is 386 g/mol. The fourth-order valence-corrected chi connectivity index (χ4v) is 3.51. The van der Waals surface area contributed by atoms with Crippen LogP contribution >= 0.6 is 0 Å². The van der Waals surface area contributed by atoms with E-state index in [2.05, 4.69) is 0 Å². The normalized spacial score (nSPS) is 12.9. The van der Waals surface area contributed by atoms with Crippen molar-refractivity contribution in [2.75, 3.05) is 7.05 Å². The number of aryl methyl sites for hydroxylation is 1. The van der Waals surface area contributed by atoms with Crippen molar-refractivity contribution in [3.63, 3.8) is 0 Å². The molecular formula is C20H22N2O4S. The number of fused-ring (bicyclic) bond motifs is 1. The average Bonchev–Trinajstić information content (AvgIpc) is 3.01. The molecule has 0 aliphatic rings. The van der Waals surface area contributed by atoms with Crippen LogP contribution in [-0.4, -0.2) is 26.3 Å². The van der Waals surface area contributed by atoms with Crippen molar-refractivity contribution >= 4 is 26.9 Å². The van der Waals surface area contributed by atoms with Gasteiger partial charge in [-0.05, 0) is 43.2 Å². The monoisotopic (exact) mass is 386 g/mol. The number of carbonyl (C=O) groups excluding carboxylic acids is 1. The SMILES string of the molecule is Cc1ccc2c(CC(=O)N(C)C(C)c3ccc(S(N)(=O)=O)cc3)coc2c1. The maximum atomic E-state index is 12.7. The first kappa shape index (κ1) is 19.1. The van der Waals surface area contributed by atoms with Gasteiger partial charge in [0.2, 0.25) is 15.9 Å². The van der Waals surface area contributed by atoms with E-state index in [4.69, 9.17) is 9.56 Å². The summed E-state index contributed by atoms with van der Waals surface area (Å²) in [6, 6.07) is 11.9. The molecular weight excluding hydrogens is 364 g/mol. The summed E-state index contributed by atoms with van der Waals surface area (Å²) in [5.74, 6) is -0.0544. The van der Waals surface area contributed by atoms with Crippen molar-refractivity contribution in [2.24, 2.45) is 5.14 Å². The third-order valence-corrected chi connectivity index (χ3v) is 5.75. The van der Waals surface area contributed by atoms with Gasteiger partial charge >= 0.3 is 0 Å². The number of carbonyl (C=O) groups is 1. The number of furan rings is 1. The molecule has 1 aromatic heterocycles. The maximum Gasteiger partial charge on any atom is 0.238 e. The molecule has 2 aromatic carbocycles. The van der Waals surface area contributed by atoms with Crippen LogP contribution in [0.1, 0.15) is 29.7 Å². The van der Waals surface area contributed by atoms with Crippen molar-refractivity contribution in [1.29, 1.82) is 0 Å². The molecule has 1 amide bonds. The molecule has 0 bridgehead atoms. The number of nitrogens with zero attached hydrogens (tertiary/aromatic N) is 1. The predicted octanol–water partition coefficient (Wildman–Crippen LogP) is 3.15. The number of benzene rings is 2. The van der Waals surface area contributed by atoms with Crippen LogP contribution in [0.15, 0.2) is 58.0 Å². The zero-order valence-corrected chi connectivity index (χ0v) is 16.3. The Morgan fingerprint density at radius 1 is 1.19 bits per heavy atom. The lowest BCUT2D eigenvalue weighted by atomic mass is 10.1. The lowest BCUT2D eigenvalue weighted by Crippen LogP contribution is -2.31. The zero-order chi connectivity index (χ0) is 19.8. The van der Waals surface area contributed by atoms with Gasteiger partial charge < -0.3 is 9.32 Å². The smallest absolute Gasteiger partial charge is 0.238 e. The summed E-state index contributed by atoms with van der Waals surface area (Å²) < 4.78 is 28.3. The molecule has 0 saturated carbocycles. The molecule has 1 heterocycles. The van der Waals surface area contributed by atoms with E-state index >= 15 is 0 Å². The first-order valence-corrected chi connectivity index (χ1v) is 10.1. The summed E-state index contributed by atoms with van der Waals surface area (Å²) in [6.45, 7) is 3.88. The quantitative estimate of drug-likeness (QED) is 0.729. The van der Waals surface area contributed by atoms with Crippen LogP contribution in [0, 0.1) is 6.92 Å². The van der Waals surface area contributed by atoms with E-state index in [0.29, 0.717) is 0 Å². The first-order valence-electron chi connectivity index (χ1n) is 8.52. The van der Waals surface area contributed by atoms with Gasteiger partial charge in [0.15, 0.2) is 0 Å². The molecule has 0 radical (unpaired) electrons. The van der Waals surface area contributed by atoms with E-state index in [1.807, 2.05) is 32.0 Å². The van der Waals surface area contributed by atoms with Gasteiger partial charge in [0.1, 0.15) is 5.58 Å². The van der Waals surface area contributed by atoms with Gasteiger partial charge in [-0.3, -0.25) is 4.79 Å². The highest BCUT2D eigenvalue weighted by Gasteiger charge is 2.20. The molecule has 0 aliphatic heterocycles. The minimum atomic E-state index is -3.73. The standard InChI is InChI=1S/C20H22N2O4S/c1-13-4-9-18-16(12-26-19(18)10-13)11-20(23)22(3)14(2)15-5-7-17(8-6-15)27(21,24)25/h4-10,12,14H,11H2,1-3H3,(H2,21,24,25). The van der Waals surface area contributed by atoms with E-state index in [0.717, 1.165) is 27.7 Å². The van der Waals surface area contributed by atoms with Crippen LogP contribution in [-0.2, 0) is 21.2 Å². The predicted molar refractivity (Wildman–Crippen MR) is 104 cm³/mol. The highest BCUT2D eigenvalue weighted by Crippen LogP contribution is 2.25. The van der Waals surface area contributed by atoms with Crippen LogP contribution in [0.5, 0.6) is 0 Å². The number of rotatable bonds is 5. The van der Waals surface area contributed by atoms with E-state index in [1.165, 1.54) is 12.1 Å². The lowest BCUT2D eigenvalue weighted by Gasteiger charge is -2.25. The molecule has 0 saturated heterocycles. The van der Waals surface area contributed by atoms with Gasteiger partial charge in [0.05, 0.1) is 23.6 Å². The van der Waals surface area contributed by atoms with Crippen LogP contribution in [0.25, 0.3) is 11.0 Å². The highest BCUT2D eigenvalue weighted by atomic mass is 32.2. The number of sulfonamides is 1. The summed E-state index contributed by atoms with van der Waals surface area (Å²) in [7, 11) is -2.00. The van der Waals surface area contributed by atoms with Gasteiger partial charge in [-0.15, -0.1) is 0 Å². The molecule has 1 atom stereocenters. The van der Waals surface area contributed by atoms with Gasteiger partial charge in [-0.2, -0.15) is 0 Å². The minimum Gasteiger partial charge on any atom is -0.464 e. The maximum absolute atomic E-state index is 12.7. The van der Waals surface area contributed by atoms with Gasteiger partial charge in [0, 0.05) is 18.0 Å². The Hall–Kier alpha value is -2.64. The van der Waals surface area contributed by atoms with Crippen molar-refractivity contribution in [3.8, 4) is 0 Å². The topological polar surface area (TPSA) is 93.6 Å². The largest absolute Gasteiger partial charge is 0.464 e. The number of hydrogen-bond acceptors (Lipinski definition) is 4. The second kappa shape index (κ2) is 7.17. The second-order valence-corrected chi connectivity index (χ2v) is 8.29. The number of primary sulfonamides is 1. The Morgan fingerprint density at radius 2 is 1.85 bits per heavy atom. The van der Waals surface area contributed by atoms with Crippen LogP contribution < -0.4 is 5.14 Å². The summed E-state index contributed by atoms with van der Waals surface area (Å²) in [6.07, 6.45) is 1.85. The third kappa shape index (κ3) is 4.04. The fourth-order valence-electron chi connectivity index (χ4n) is 2.99. The Bertz CT molecular complexity index is 1080. The van der Waals surface area contributed by atoms with Crippen molar-refractivity contribution < 1.29 is 17.6 Å². The number of nitrogens with two attached hydrogens (primary N) is 1. The van der Waals surface area contributed by atoms with Gasteiger partial charge in [-0.25, -0.2) is 13.6 Å².